The smallest absolute Gasteiger partial charge is 0.250 e. The molecule has 0 aliphatic carbocycles. The van der Waals surface area contributed by atoms with Crippen molar-refractivity contribution in [2.75, 3.05) is 23.7 Å². The molecule has 0 saturated heterocycles. The van der Waals surface area contributed by atoms with E-state index in [0.717, 1.165) is 40.4 Å². The number of hydrogen-bond donors (Lipinski definition) is 1. The van der Waals surface area contributed by atoms with Gasteiger partial charge in [0, 0.05) is 23.8 Å². The maximum atomic E-state index is 12.5. The monoisotopic (exact) mass is 505 g/mol. The SMILES string of the molecule is CCN(CC)c1ccc(/C=N\NC(=O)CSc2nc3ccccc3n2Cc2ccccc2Cl)cc1. The Morgan fingerprint density at radius 2 is 1.77 bits per heavy atom. The van der Waals surface area contributed by atoms with Gasteiger partial charge in [0.05, 0.1) is 29.5 Å². The quantitative estimate of drug-likeness (QED) is 0.167. The number of benzene rings is 3. The lowest BCUT2D eigenvalue weighted by Crippen LogP contribution is -2.21. The summed E-state index contributed by atoms with van der Waals surface area (Å²) in [7, 11) is 0. The number of halogens is 1. The lowest BCUT2D eigenvalue weighted by atomic mass is 10.2. The number of imidazole rings is 1. The van der Waals surface area contributed by atoms with Crippen molar-refractivity contribution in [3.05, 3.63) is 88.9 Å². The van der Waals surface area contributed by atoms with Gasteiger partial charge in [-0.05, 0) is 55.3 Å². The highest BCUT2D eigenvalue weighted by Gasteiger charge is 2.14. The van der Waals surface area contributed by atoms with Crippen LogP contribution in [0.1, 0.15) is 25.0 Å². The molecule has 6 nitrogen and oxygen atoms in total. The number of carbonyl (C=O) groups excluding carboxylic acids is 1. The number of nitrogens with zero attached hydrogens (tertiary/aromatic N) is 4. The van der Waals surface area contributed by atoms with E-state index in [1.165, 1.54) is 17.4 Å². The minimum Gasteiger partial charge on any atom is -0.372 e. The Kier molecular flexibility index (Phi) is 8.45. The summed E-state index contributed by atoms with van der Waals surface area (Å²) in [6.07, 6.45) is 1.65. The zero-order valence-electron chi connectivity index (χ0n) is 19.8. The Morgan fingerprint density at radius 3 is 2.51 bits per heavy atom. The first-order valence-electron chi connectivity index (χ1n) is 11.6. The van der Waals surface area contributed by atoms with Gasteiger partial charge < -0.3 is 9.47 Å². The van der Waals surface area contributed by atoms with E-state index in [9.17, 15) is 4.79 Å². The molecule has 4 rings (SSSR count). The topological polar surface area (TPSA) is 62.5 Å². The summed E-state index contributed by atoms with van der Waals surface area (Å²) in [5.41, 5.74) is 7.60. The lowest BCUT2D eigenvalue weighted by molar-refractivity contribution is -0.118. The second kappa shape index (κ2) is 11.9. The molecule has 0 atom stereocenters. The third-order valence-corrected chi connectivity index (χ3v) is 7.01. The molecule has 35 heavy (non-hydrogen) atoms. The third kappa shape index (κ3) is 6.24. The maximum absolute atomic E-state index is 12.5. The molecule has 0 aliphatic rings. The Hall–Kier alpha value is -3.29. The van der Waals surface area contributed by atoms with Gasteiger partial charge in [-0.2, -0.15) is 5.10 Å². The molecular weight excluding hydrogens is 478 g/mol. The second-order valence-corrected chi connectivity index (χ2v) is 9.26. The van der Waals surface area contributed by atoms with Crippen molar-refractivity contribution >= 4 is 52.2 Å². The van der Waals surface area contributed by atoms with E-state index in [0.29, 0.717) is 11.6 Å². The largest absolute Gasteiger partial charge is 0.372 e. The fraction of sp³-hybridized carbons (Fsp3) is 0.222. The van der Waals surface area contributed by atoms with Gasteiger partial charge in [-0.25, -0.2) is 10.4 Å². The van der Waals surface area contributed by atoms with Crippen LogP contribution in [-0.2, 0) is 11.3 Å². The van der Waals surface area contributed by atoms with Gasteiger partial charge in [-0.3, -0.25) is 4.79 Å². The highest BCUT2D eigenvalue weighted by Crippen LogP contribution is 2.27. The number of aromatic nitrogens is 2. The molecule has 0 saturated carbocycles. The number of carbonyl (C=O) groups is 1. The molecule has 0 aliphatic heterocycles. The van der Waals surface area contributed by atoms with Crippen molar-refractivity contribution in [3.63, 3.8) is 0 Å². The summed E-state index contributed by atoms with van der Waals surface area (Å²) in [6, 6.07) is 23.8. The van der Waals surface area contributed by atoms with Gasteiger partial charge in [-0.1, -0.05) is 65.8 Å². The Balaban J connectivity index is 1.39. The molecule has 0 unspecified atom stereocenters. The van der Waals surface area contributed by atoms with Crippen LogP contribution in [0.5, 0.6) is 0 Å². The minimum atomic E-state index is -0.192. The second-order valence-electron chi connectivity index (χ2n) is 7.91. The Labute approximate surface area is 215 Å². The van der Waals surface area contributed by atoms with E-state index in [-0.39, 0.29) is 11.7 Å². The van der Waals surface area contributed by atoms with Crippen LogP contribution in [0.4, 0.5) is 5.69 Å². The molecule has 4 aromatic rings. The van der Waals surface area contributed by atoms with Crippen LogP contribution in [0.25, 0.3) is 11.0 Å². The number of anilines is 1. The molecule has 0 fully saturated rings. The standard InChI is InChI=1S/C27H28ClN5OS/c1-3-32(4-2)22-15-13-20(14-16-22)17-29-31-26(34)19-35-27-30-24-11-7-8-12-25(24)33(27)18-21-9-5-6-10-23(21)28/h5-17H,3-4,18-19H2,1-2H3,(H,31,34)/b29-17-. The van der Waals surface area contributed by atoms with Gasteiger partial charge in [0.25, 0.3) is 5.91 Å². The molecule has 0 spiro atoms. The first kappa shape index (κ1) is 24.8. The van der Waals surface area contributed by atoms with E-state index in [1.54, 1.807) is 6.21 Å². The van der Waals surface area contributed by atoms with Crippen LogP contribution in [0.3, 0.4) is 0 Å². The number of thioether (sulfide) groups is 1. The van der Waals surface area contributed by atoms with Gasteiger partial charge in [-0.15, -0.1) is 0 Å². The number of amides is 1. The zero-order valence-corrected chi connectivity index (χ0v) is 21.4. The van der Waals surface area contributed by atoms with Crippen molar-refractivity contribution in [2.45, 2.75) is 25.5 Å². The molecule has 0 bridgehead atoms. The maximum Gasteiger partial charge on any atom is 0.250 e. The molecular formula is C27H28ClN5OS. The van der Waals surface area contributed by atoms with E-state index >= 15 is 0 Å². The molecule has 1 aromatic heterocycles. The van der Waals surface area contributed by atoms with E-state index in [1.807, 2.05) is 60.7 Å². The number of rotatable bonds is 10. The highest BCUT2D eigenvalue weighted by atomic mass is 35.5. The molecule has 1 amide bonds. The molecule has 180 valence electrons. The van der Waals surface area contributed by atoms with Crippen molar-refractivity contribution in [1.82, 2.24) is 15.0 Å². The summed E-state index contributed by atoms with van der Waals surface area (Å²) in [5.74, 6) is 0.00624. The number of nitrogens with one attached hydrogen (secondary N) is 1. The van der Waals surface area contributed by atoms with Crippen LogP contribution in [0.2, 0.25) is 5.02 Å². The van der Waals surface area contributed by atoms with Crippen LogP contribution < -0.4 is 10.3 Å². The van der Waals surface area contributed by atoms with E-state index < -0.39 is 0 Å². The highest BCUT2D eigenvalue weighted by molar-refractivity contribution is 7.99. The van der Waals surface area contributed by atoms with Gasteiger partial charge in [0.2, 0.25) is 0 Å². The first-order chi connectivity index (χ1) is 17.1. The van der Waals surface area contributed by atoms with Crippen molar-refractivity contribution < 1.29 is 4.79 Å². The average molecular weight is 506 g/mol. The fourth-order valence-corrected chi connectivity index (χ4v) is 4.82. The van der Waals surface area contributed by atoms with Crippen LogP contribution in [-0.4, -0.2) is 40.5 Å². The van der Waals surface area contributed by atoms with Gasteiger partial charge in [0.15, 0.2) is 5.16 Å². The summed E-state index contributed by atoms with van der Waals surface area (Å²) in [6.45, 7) is 6.77. The minimum absolute atomic E-state index is 0.192. The Bertz CT molecular complexity index is 1310. The van der Waals surface area contributed by atoms with E-state index in [4.69, 9.17) is 16.6 Å². The zero-order chi connectivity index (χ0) is 24.6. The normalized spacial score (nSPS) is 11.3. The summed E-state index contributed by atoms with van der Waals surface area (Å²) in [4.78, 5) is 19.5. The molecule has 1 N–H and O–H groups in total. The molecule has 8 heteroatoms. The Morgan fingerprint density at radius 1 is 1.06 bits per heavy atom. The summed E-state index contributed by atoms with van der Waals surface area (Å²) >= 11 is 7.78. The van der Waals surface area contributed by atoms with E-state index in [2.05, 4.69) is 46.0 Å². The predicted octanol–water partition coefficient (Wildman–Crippen LogP) is 5.83. The van der Waals surface area contributed by atoms with Crippen LogP contribution >= 0.6 is 23.4 Å². The average Bonchev–Trinajstić information content (AvgIpc) is 3.23. The number of hydrogen-bond acceptors (Lipinski definition) is 5. The predicted molar refractivity (Wildman–Crippen MR) is 147 cm³/mol. The first-order valence-corrected chi connectivity index (χ1v) is 12.9. The number of para-hydroxylation sites is 2. The fourth-order valence-electron chi connectivity index (χ4n) is 3.81. The molecule has 1 heterocycles. The molecule has 3 aromatic carbocycles. The van der Waals surface area contributed by atoms with Crippen molar-refractivity contribution in [1.29, 1.82) is 0 Å². The summed E-state index contributed by atoms with van der Waals surface area (Å²) < 4.78 is 2.09. The van der Waals surface area contributed by atoms with Crippen LogP contribution in [0.15, 0.2) is 83.1 Å². The third-order valence-electron chi connectivity index (χ3n) is 5.66. The number of hydrazone groups is 1. The summed E-state index contributed by atoms with van der Waals surface area (Å²) in [5, 5.41) is 5.59. The van der Waals surface area contributed by atoms with Gasteiger partial charge >= 0.3 is 0 Å². The van der Waals surface area contributed by atoms with Crippen molar-refractivity contribution in [2.24, 2.45) is 5.10 Å². The van der Waals surface area contributed by atoms with Crippen molar-refractivity contribution in [3.8, 4) is 0 Å². The van der Waals surface area contributed by atoms with Crippen LogP contribution in [0, 0.1) is 0 Å². The number of fused-ring (bicyclic) bond motifs is 1. The molecule has 0 radical (unpaired) electrons. The van der Waals surface area contributed by atoms with Gasteiger partial charge in [0.1, 0.15) is 0 Å². The lowest BCUT2D eigenvalue weighted by Gasteiger charge is -2.20.